The van der Waals surface area contributed by atoms with E-state index < -0.39 is 29.5 Å². The molecule has 0 aromatic heterocycles. The van der Waals surface area contributed by atoms with Crippen molar-refractivity contribution in [1.29, 1.82) is 0 Å². The van der Waals surface area contributed by atoms with Gasteiger partial charge < -0.3 is 10.4 Å². The third-order valence-electron chi connectivity index (χ3n) is 1.89. The number of hydrogen-bond donors (Lipinski definition) is 2. The van der Waals surface area contributed by atoms with Crippen molar-refractivity contribution in [3.05, 3.63) is 29.6 Å². The van der Waals surface area contributed by atoms with Crippen LogP contribution in [0.4, 0.5) is 18.9 Å². The van der Waals surface area contributed by atoms with Gasteiger partial charge in [-0.3, -0.25) is 4.79 Å². The first-order valence-corrected chi connectivity index (χ1v) is 4.53. The standard InChI is InChI=1S/C10H10F3NO2/c1-5(2-10(15)16)14-9-4-7(12)6(11)3-8(9)13/h3-5,14H,2H2,1H3,(H,15,16). The van der Waals surface area contributed by atoms with Crippen LogP contribution in [0.1, 0.15) is 13.3 Å². The quantitative estimate of drug-likeness (QED) is 0.785. The first kappa shape index (κ1) is 12.4. The monoisotopic (exact) mass is 233 g/mol. The van der Waals surface area contributed by atoms with E-state index in [1.54, 1.807) is 0 Å². The summed E-state index contributed by atoms with van der Waals surface area (Å²) in [5, 5.41) is 10.9. The molecule has 0 spiro atoms. The lowest BCUT2D eigenvalue weighted by Gasteiger charge is -2.13. The highest BCUT2D eigenvalue weighted by Crippen LogP contribution is 2.19. The normalized spacial score (nSPS) is 12.2. The number of anilines is 1. The van der Waals surface area contributed by atoms with E-state index in [0.717, 1.165) is 0 Å². The average Bonchev–Trinajstić information content (AvgIpc) is 2.12. The van der Waals surface area contributed by atoms with Crippen LogP contribution in [0.25, 0.3) is 0 Å². The predicted octanol–water partition coefficient (Wildman–Crippen LogP) is 2.38. The van der Waals surface area contributed by atoms with Gasteiger partial charge in [0.1, 0.15) is 5.82 Å². The van der Waals surface area contributed by atoms with Crippen LogP contribution in [0.3, 0.4) is 0 Å². The zero-order valence-corrected chi connectivity index (χ0v) is 8.43. The molecule has 0 bridgehead atoms. The van der Waals surface area contributed by atoms with Crippen molar-refractivity contribution in [3.8, 4) is 0 Å². The lowest BCUT2D eigenvalue weighted by molar-refractivity contribution is -0.137. The molecule has 0 aliphatic carbocycles. The van der Waals surface area contributed by atoms with E-state index in [-0.39, 0.29) is 12.1 Å². The summed E-state index contributed by atoms with van der Waals surface area (Å²) < 4.78 is 38.5. The third-order valence-corrected chi connectivity index (χ3v) is 1.89. The number of carbonyl (C=O) groups is 1. The van der Waals surface area contributed by atoms with Crippen molar-refractivity contribution >= 4 is 11.7 Å². The van der Waals surface area contributed by atoms with E-state index >= 15 is 0 Å². The van der Waals surface area contributed by atoms with E-state index in [9.17, 15) is 18.0 Å². The van der Waals surface area contributed by atoms with Gasteiger partial charge in [0, 0.05) is 18.2 Å². The molecule has 0 aliphatic heterocycles. The van der Waals surface area contributed by atoms with Crippen molar-refractivity contribution in [2.75, 3.05) is 5.32 Å². The summed E-state index contributed by atoms with van der Waals surface area (Å²) in [6.07, 6.45) is -0.252. The molecule has 0 aliphatic rings. The van der Waals surface area contributed by atoms with Crippen molar-refractivity contribution in [3.63, 3.8) is 0 Å². The maximum atomic E-state index is 13.1. The van der Waals surface area contributed by atoms with E-state index in [4.69, 9.17) is 5.11 Å². The van der Waals surface area contributed by atoms with Crippen LogP contribution in [0.2, 0.25) is 0 Å². The Morgan fingerprint density at radius 2 is 1.88 bits per heavy atom. The molecule has 0 amide bonds. The zero-order valence-electron chi connectivity index (χ0n) is 8.43. The lowest BCUT2D eigenvalue weighted by atomic mass is 10.2. The molecular formula is C10H10F3NO2. The largest absolute Gasteiger partial charge is 0.481 e. The zero-order chi connectivity index (χ0) is 12.3. The molecule has 88 valence electrons. The van der Waals surface area contributed by atoms with Gasteiger partial charge >= 0.3 is 5.97 Å². The Balaban J connectivity index is 2.81. The minimum Gasteiger partial charge on any atom is -0.481 e. The van der Waals surface area contributed by atoms with Gasteiger partial charge in [-0.1, -0.05) is 0 Å². The predicted molar refractivity (Wildman–Crippen MR) is 51.7 cm³/mol. The Labute approximate surface area is 89.9 Å². The Morgan fingerprint density at radius 3 is 2.44 bits per heavy atom. The van der Waals surface area contributed by atoms with Crippen LogP contribution in [0.5, 0.6) is 0 Å². The van der Waals surface area contributed by atoms with Crippen molar-refractivity contribution in [2.45, 2.75) is 19.4 Å². The summed E-state index contributed by atoms with van der Waals surface area (Å²) in [6, 6.07) is 0.477. The average molecular weight is 233 g/mol. The summed E-state index contributed by atoms with van der Waals surface area (Å²) in [6.45, 7) is 1.49. The van der Waals surface area contributed by atoms with Gasteiger partial charge in [-0.2, -0.15) is 0 Å². The molecule has 1 rings (SSSR count). The van der Waals surface area contributed by atoms with Crippen molar-refractivity contribution in [2.24, 2.45) is 0 Å². The number of nitrogens with one attached hydrogen (secondary N) is 1. The number of aliphatic carboxylic acids is 1. The SMILES string of the molecule is CC(CC(=O)O)Nc1cc(F)c(F)cc1F. The molecule has 16 heavy (non-hydrogen) atoms. The molecule has 1 aromatic carbocycles. The van der Waals surface area contributed by atoms with Crippen LogP contribution in [-0.4, -0.2) is 17.1 Å². The topological polar surface area (TPSA) is 49.3 Å². The highest BCUT2D eigenvalue weighted by Gasteiger charge is 2.13. The summed E-state index contributed by atoms with van der Waals surface area (Å²) in [4.78, 5) is 10.3. The molecule has 6 heteroatoms. The van der Waals surface area contributed by atoms with Gasteiger partial charge in [0.25, 0.3) is 0 Å². The maximum absolute atomic E-state index is 13.1. The Hall–Kier alpha value is -1.72. The minimum absolute atomic E-state index is 0.252. The number of rotatable bonds is 4. The summed E-state index contributed by atoms with van der Waals surface area (Å²) in [5.74, 6) is -4.50. The molecule has 2 N–H and O–H groups in total. The smallest absolute Gasteiger partial charge is 0.305 e. The maximum Gasteiger partial charge on any atom is 0.305 e. The molecule has 1 aromatic rings. The molecule has 1 unspecified atom stereocenters. The number of carboxylic acids is 1. The molecule has 0 fully saturated rings. The molecule has 0 heterocycles. The minimum atomic E-state index is -1.28. The number of benzene rings is 1. The van der Waals surface area contributed by atoms with Crippen LogP contribution in [0, 0.1) is 17.5 Å². The van der Waals surface area contributed by atoms with E-state index in [0.29, 0.717) is 12.1 Å². The fourth-order valence-electron chi connectivity index (χ4n) is 1.21. The summed E-state index contributed by atoms with van der Waals surface area (Å²) >= 11 is 0. The van der Waals surface area contributed by atoms with Crippen LogP contribution in [-0.2, 0) is 4.79 Å². The second kappa shape index (κ2) is 4.87. The first-order chi connectivity index (χ1) is 7.40. The van der Waals surface area contributed by atoms with E-state index in [1.807, 2.05) is 0 Å². The summed E-state index contributed by atoms with van der Waals surface area (Å²) in [7, 11) is 0. The van der Waals surface area contributed by atoms with E-state index in [2.05, 4.69) is 5.32 Å². The van der Waals surface area contributed by atoms with Gasteiger partial charge in [-0.05, 0) is 6.92 Å². The second-order valence-electron chi connectivity index (χ2n) is 3.39. The van der Waals surface area contributed by atoms with Gasteiger partial charge in [0.15, 0.2) is 11.6 Å². The van der Waals surface area contributed by atoms with Crippen LogP contribution >= 0.6 is 0 Å². The third kappa shape index (κ3) is 3.15. The number of hydrogen-bond acceptors (Lipinski definition) is 2. The highest BCUT2D eigenvalue weighted by atomic mass is 19.2. The molecular weight excluding hydrogens is 223 g/mol. The van der Waals surface area contributed by atoms with Crippen molar-refractivity contribution in [1.82, 2.24) is 0 Å². The number of carboxylic acid groups (broad SMARTS) is 1. The molecule has 0 saturated carbocycles. The van der Waals surface area contributed by atoms with Crippen LogP contribution in [0.15, 0.2) is 12.1 Å². The lowest BCUT2D eigenvalue weighted by Crippen LogP contribution is -2.20. The Kier molecular flexibility index (Phi) is 3.76. The van der Waals surface area contributed by atoms with Gasteiger partial charge in [-0.25, -0.2) is 13.2 Å². The van der Waals surface area contributed by atoms with Crippen LogP contribution < -0.4 is 5.32 Å². The highest BCUT2D eigenvalue weighted by molar-refractivity contribution is 5.68. The molecule has 0 radical (unpaired) electrons. The fourth-order valence-corrected chi connectivity index (χ4v) is 1.21. The molecule has 1 atom stereocenters. The Morgan fingerprint density at radius 1 is 1.31 bits per heavy atom. The second-order valence-corrected chi connectivity index (χ2v) is 3.39. The summed E-state index contributed by atoms with van der Waals surface area (Å²) in [5.41, 5.74) is -0.257. The van der Waals surface area contributed by atoms with E-state index in [1.165, 1.54) is 6.92 Å². The van der Waals surface area contributed by atoms with Gasteiger partial charge in [-0.15, -0.1) is 0 Å². The first-order valence-electron chi connectivity index (χ1n) is 4.53. The number of halogens is 3. The van der Waals surface area contributed by atoms with Crippen molar-refractivity contribution < 1.29 is 23.1 Å². The van der Waals surface area contributed by atoms with Gasteiger partial charge in [0.05, 0.1) is 12.1 Å². The Bertz CT molecular complexity index is 409. The molecule has 3 nitrogen and oxygen atoms in total. The fraction of sp³-hybridized carbons (Fsp3) is 0.300. The molecule has 0 saturated heterocycles. The van der Waals surface area contributed by atoms with Gasteiger partial charge in [0.2, 0.25) is 0 Å².